The number of anilines is 2. The van der Waals surface area contributed by atoms with Crippen LogP contribution in [-0.2, 0) is 42.3 Å². The Morgan fingerprint density at radius 2 is 1.23 bits per heavy atom. The normalized spacial score (nSPS) is 19.1. The van der Waals surface area contributed by atoms with Gasteiger partial charge in [-0.25, -0.2) is 16.8 Å². The van der Waals surface area contributed by atoms with Gasteiger partial charge in [0.25, 0.3) is 0 Å². The van der Waals surface area contributed by atoms with Crippen molar-refractivity contribution in [1.82, 2.24) is 4.31 Å². The first-order chi connectivity index (χ1) is 31.3. The summed E-state index contributed by atoms with van der Waals surface area (Å²) in [4.78, 5) is 4.37. The van der Waals surface area contributed by atoms with Crippen LogP contribution >= 0.6 is 0 Å². The van der Waals surface area contributed by atoms with E-state index in [1.807, 2.05) is 60.7 Å². The molecular formula is C51H54F3N3O6S3. The summed E-state index contributed by atoms with van der Waals surface area (Å²) in [6.45, 7) is 9.39. The molecule has 0 N–H and O–H groups in total. The number of unbranched alkanes of at least 4 members (excludes halogenated alkanes) is 2. The summed E-state index contributed by atoms with van der Waals surface area (Å²) in [5.74, 6) is 0.0986. The molecule has 2 aliphatic heterocycles. The van der Waals surface area contributed by atoms with Gasteiger partial charge in [0.1, 0.15) is 21.4 Å². The fourth-order valence-electron chi connectivity index (χ4n) is 10.4. The van der Waals surface area contributed by atoms with E-state index in [1.165, 1.54) is 0 Å². The fourth-order valence-corrected chi connectivity index (χ4v) is 12.1. The van der Waals surface area contributed by atoms with E-state index in [0.29, 0.717) is 59.8 Å². The van der Waals surface area contributed by atoms with Gasteiger partial charge in [-0.05, 0) is 87.7 Å². The van der Waals surface area contributed by atoms with E-state index in [2.05, 4.69) is 61.8 Å². The highest BCUT2D eigenvalue weighted by molar-refractivity contribution is 7.90. The minimum Gasteiger partial charge on any atom is -0.364 e. The molecule has 0 amide bonds. The number of likely N-dealkylation sites (N-methyl/N-ethyl adjacent to an activating group) is 1. The van der Waals surface area contributed by atoms with Crippen LogP contribution in [0, 0.1) is 0 Å². The van der Waals surface area contributed by atoms with Crippen molar-refractivity contribution in [3.8, 4) is 0 Å². The Balaban J connectivity index is 1.30. The van der Waals surface area contributed by atoms with Gasteiger partial charge >= 0.3 is 15.5 Å². The number of alkyl halides is 3. The monoisotopic (exact) mass is 957 g/mol. The molecule has 1 atom stereocenters. The van der Waals surface area contributed by atoms with Crippen molar-refractivity contribution in [3.05, 3.63) is 155 Å². The number of benzene rings is 5. The lowest BCUT2D eigenvalue weighted by molar-refractivity contribution is -0.0473. The molecule has 0 radical (unpaired) electrons. The van der Waals surface area contributed by atoms with Crippen LogP contribution in [-0.4, -0.2) is 72.8 Å². The number of rotatable bonds is 15. The topological polar surface area (TPSA) is 112 Å². The minimum atomic E-state index is -5.91. The van der Waals surface area contributed by atoms with E-state index in [4.69, 9.17) is 0 Å². The van der Waals surface area contributed by atoms with Gasteiger partial charge < -0.3 is 9.80 Å². The van der Waals surface area contributed by atoms with Crippen molar-refractivity contribution < 1.29 is 38.4 Å². The highest BCUT2D eigenvalue weighted by Gasteiger charge is 2.51. The Labute approximate surface area is 388 Å². The number of fused-ring (bicyclic) bond motifs is 7. The van der Waals surface area contributed by atoms with E-state index < -0.39 is 47.8 Å². The predicted octanol–water partition coefficient (Wildman–Crippen LogP) is 10.1. The molecule has 1 aliphatic carbocycles. The molecule has 0 fully saturated rings. The van der Waals surface area contributed by atoms with Crippen molar-refractivity contribution >= 4 is 75.5 Å². The largest absolute Gasteiger partial charge is 0.516 e. The zero-order chi connectivity index (χ0) is 47.3. The maximum atomic E-state index is 14.7. The van der Waals surface area contributed by atoms with Crippen LogP contribution in [0.2, 0.25) is 0 Å². The Hall–Kier alpha value is -5.38. The van der Waals surface area contributed by atoms with Crippen LogP contribution in [0.4, 0.5) is 24.5 Å². The summed E-state index contributed by atoms with van der Waals surface area (Å²) < 4.78 is 117. The molecular weight excluding hydrogens is 904 g/mol. The summed E-state index contributed by atoms with van der Waals surface area (Å²) in [6, 6.07) is 31.1. The van der Waals surface area contributed by atoms with Gasteiger partial charge in [0.05, 0.1) is 11.7 Å². The first kappa shape index (κ1) is 47.1. The Morgan fingerprint density at radius 3 is 1.83 bits per heavy atom. The van der Waals surface area contributed by atoms with Gasteiger partial charge in [-0.15, -0.1) is 0 Å². The quantitative estimate of drug-likeness (QED) is 0.0789. The van der Waals surface area contributed by atoms with Gasteiger partial charge in [-0.1, -0.05) is 131 Å². The molecule has 0 spiro atoms. The predicted molar refractivity (Wildman–Crippen MR) is 263 cm³/mol. The van der Waals surface area contributed by atoms with Crippen molar-refractivity contribution in [2.45, 2.75) is 75.8 Å². The Morgan fingerprint density at radius 1 is 0.682 bits per heavy atom. The number of hydrogen-bond acceptors (Lipinski definition) is 8. The van der Waals surface area contributed by atoms with Crippen LogP contribution < -0.4 is 9.80 Å². The Kier molecular flexibility index (Phi) is 12.9. The number of halogens is 3. The van der Waals surface area contributed by atoms with Crippen LogP contribution in [0.1, 0.15) is 75.6 Å². The molecule has 2 heterocycles. The number of sulfonamides is 1. The van der Waals surface area contributed by atoms with E-state index in [-0.39, 0.29) is 28.8 Å². The molecule has 0 aromatic heterocycles. The van der Waals surface area contributed by atoms with Crippen LogP contribution in [0.25, 0.3) is 32.7 Å². The first-order valence-electron chi connectivity index (χ1n) is 22.1. The first-order valence-corrected chi connectivity index (χ1v) is 26.3. The van der Waals surface area contributed by atoms with Crippen LogP contribution in [0.3, 0.4) is 0 Å². The molecule has 66 heavy (non-hydrogen) atoms. The lowest BCUT2D eigenvalue weighted by Crippen LogP contribution is -2.40. The lowest BCUT2D eigenvalue weighted by atomic mass is 9.78. The SMILES string of the molecule is CN(C1=C(/C=C/C2N(CCCC[SH](=O)=O)c3ccc4ccccc4c3C2(C)C)c2ccccc2/C1=C\C=C1\N(CCCC[SH](=O)=O)c2ccc3ccccc3c2C1(C)C)S(=O)(=O)C(F)(F)F. The maximum Gasteiger partial charge on any atom is 0.516 e. The average Bonchev–Trinajstić information content (AvgIpc) is 3.79. The van der Waals surface area contributed by atoms with Gasteiger partial charge in [-0.3, -0.25) is 4.31 Å². The van der Waals surface area contributed by atoms with E-state index in [1.54, 1.807) is 36.4 Å². The molecule has 15 heteroatoms. The number of allylic oxidation sites excluding steroid dienone is 6. The van der Waals surface area contributed by atoms with Gasteiger partial charge in [0.15, 0.2) is 0 Å². The van der Waals surface area contributed by atoms with Crippen LogP contribution in [0.5, 0.6) is 0 Å². The third-order valence-corrected chi connectivity index (χ3v) is 16.3. The number of hydrogen-bond donors (Lipinski definition) is 2. The third kappa shape index (κ3) is 8.36. The van der Waals surface area contributed by atoms with Crippen molar-refractivity contribution in [2.75, 3.05) is 41.4 Å². The molecule has 0 saturated heterocycles. The summed E-state index contributed by atoms with van der Waals surface area (Å²) in [7, 11) is -10.1. The molecule has 5 aromatic rings. The van der Waals surface area contributed by atoms with Crippen molar-refractivity contribution in [1.29, 1.82) is 0 Å². The number of nitrogens with zero attached hydrogens (tertiary/aromatic N) is 3. The summed E-state index contributed by atoms with van der Waals surface area (Å²) in [6.07, 6.45) is 9.33. The molecule has 1 unspecified atom stereocenters. The number of thiol groups is 2. The second-order valence-corrected chi connectivity index (χ2v) is 22.4. The maximum absolute atomic E-state index is 14.7. The van der Waals surface area contributed by atoms with E-state index in [0.717, 1.165) is 56.8 Å². The highest BCUT2D eigenvalue weighted by Crippen LogP contribution is 2.53. The smallest absolute Gasteiger partial charge is 0.364 e. The summed E-state index contributed by atoms with van der Waals surface area (Å²) in [5.41, 5.74) is -0.324. The molecule has 8 rings (SSSR count). The average molecular weight is 958 g/mol. The lowest BCUT2D eigenvalue weighted by Gasteiger charge is -2.33. The third-order valence-electron chi connectivity index (χ3n) is 13.5. The van der Waals surface area contributed by atoms with Crippen molar-refractivity contribution in [2.24, 2.45) is 0 Å². The minimum absolute atomic E-state index is 0.0455. The zero-order valence-electron chi connectivity index (χ0n) is 37.5. The summed E-state index contributed by atoms with van der Waals surface area (Å²) >= 11 is 0. The van der Waals surface area contributed by atoms with Crippen LogP contribution in [0.15, 0.2) is 133 Å². The van der Waals surface area contributed by atoms with Gasteiger partial charge in [-0.2, -0.15) is 21.6 Å². The molecule has 3 aliphatic rings. The summed E-state index contributed by atoms with van der Waals surface area (Å²) in [5, 5.41) is 4.19. The molecule has 348 valence electrons. The van der Waals surface area contributed by atoms with E-state index in [9.17, 15) is 38.4 Å². The molecule has 5 aromatic carbocycles. The molecule has 0 saturated carbocycles. The molecule has 9 nitrogen and oxygen atoms in total. The zero-order valence-corrected chi connectivity index (χ0v) is 40.1. The van der Waals surface area contributed by atoms with Gasteiger partial charge in [0, 0.05) is 70.7 Å². The fraction of sp³-hybridized carbons (Fsp3) is 0.333. The molecule has 0 bridgehead atoms. The standard InChI is InChI=1S/C51H54F3N3O6S3/c1-49(2)44(56(30-12-14-32-64(58)59)42-26-22-34-16-6-8-18-36(34)46(42)49)28-24-40-38-20-10-11-21-39(38)41(48(40)55(5)66(62,63)51(52,53)54)25-29-45-50(3,4)47-37-19-9-7-17-35(37)23-27-43(47)57(45)31-13-15-33-65(60)61/h6-11,16-29,44,64-65H,12-15,30-33H2,1-5H3/b28-24+,41-25+,45-29+. The van der Waals surface area contributed by atoms with Gasteiger partial charge in [0.2, 0.25) is 0 Å². The Bertz CT molecular complexity index is 3130. The van der Waals surface area contributed by atoms with Crippen molar-refractivity contribution in [3.63, 3.8) is 0 Å². The second-order valence-electron chi connectivity index (χ2n) is 18.2. The highest BCUT2D eigenvalue weighted by atomic mass is 32.2. The second kappa shape index (κ2) is 18.0. The van der Waals surface area contributed by atoms with E-state index >= 15 is 0 Å².